The molecule has 4 nitrogen and oxygen atoms in total. The predicted octanol–water partition coefficient (Wildman–Crippen LogP) is 3.06. The summed E-state index contributed by atoms with van der Waals surface area (Å²) in [5.74, 6) is 1.16. The average molecular weight is 359 g/mol. The number of nitrogens with zero attached hydrogens (tertiary/aromatic N) is 1. The molecule has 3 unspecified atom stereocenters. The maximum absolute atomic E-state index is 13.5. The number of carbonyl (C=O) groups is 1. The Morgan fingerprint density at radius 2 is 1.92 bits per heavy atom. The summed E-state index contributed by atoms with van der Waals surface area (Å²) >= 11 is 0. The number of nitrogens with two attached hydrogens (primary N) is 1. The molecule has 3 atom stereocenters. The topological polar surface area (TPSA) is 58.4 Å². The van der Waals surface area contributed by atoms with Crippen LogP contribution in [-0.2, 0) is 4.79 Å². The van der Waals surface area contributed by atoms with Crippen molar-refractivity contribution >= 4 is 11.6 Å². The standard InChI is InChI=1S/C21H30FN3O/c22-17-6-2-8-19(12-17)25-9-3-7-18(13-25)24-21(26)16-10-14-4-1-5-15(11-16)20(14)23/h2,6,8,12,14-16,18,20H,1,3-5,7,9-11,13,23H2,(H,24,26). The van der Waals surface area contributed by atoms with E-state index in [0.29, 0.717) is 17.9 Å². The monoisotopic (exact) mass is 359 g/mol. The van der Waals surface area contributed by atoms with Gasteiger partial charge in [-0.25, -0.2) is 4.39 Å². The van der Waals surface area contributed by atoms with E-state index in [0.717, 1.165) is 44.5 Å². The van der Waals surface area contributed by atoms with E-state index in [2.05, 4.69) is 10.2 Å². The van der Waals surface area contributed by atoms with Crippen molar-refractivity contribution in [1.82, 2.24) is 5.32 Å². The second kappa shape index (κ2) is 7.55. The number of carbonyl (C=O) groups excluding carboxylic acids is 1. The molecule has 26 heavy (non-hydrogen) atoms. The molecule has 1 aromatic rings. The lowest BCUT2D eigenvalue weighted by molar-refractivity contribution is -0.128. The van der Waals surface area contributed by atoms with Gasteiger partial charge in [-0.2, -0.15) is 0 Å². The van der Waals surface area contributed by atoms with Crippen LogP contribution in [0.3, 0.4) is 0 Å². The molecule has 3 fully saturated rings. The van der Waals surface area contributed by atoms with Crippen LogP contribution in [-0.4, -0.2) is 31.1 Å². The minimum Gasteiger partial charge on any atom is -0.369 e. The van der Waals surface area contributed by atoms with Crippen LogP contribution in [0, 0.1) is 23.6 Å². The Bertz CT molecular complexity index is 638. The molecule has 4 rings (SSSR count). The predicted molar refractivity (Wildman–Crippen MR) is 101 cm³/mol. The third kappa shape index (κ3) is 3.73. The maximum Gasteiger partial charge on any atom is 0.223 e. The summed E-state index contributed by atoms with van der Waals surface area (Å²) in [6.07, 6.45) is 7.53. The number of fused-ring (bicyclic) bond motifs is 2. The van der Waals surface area contributed by atoms with E-state index in [1.54, 1.807) is 12.1 Å². The summed E-state index contributed by atoms with van der Waals surface area (Å²) < 4.78 is 13.5. The van der Waals surface area contributed by atoms with Crippen molar-refractivity contribution in [2.45, 2.75) is 57.0 Å². The first-order valence-corrected chi connectivity index (χ1v) is 10.2. The van der Waals surface area contributed by atoms with Crippen LogP contribution in [0.5, 0.6) is 0 Å². The van der Waals surface area contributed by atoms with Crippen molar-refractivity contribution in [3.63, 3.8) is 0 Å². The van der Waals surface area contributed by atoms with E-state index in [1.165, 1.54) is 25.3 Å². The molecule has 1 heterocycles. The van der Waals surface area contributed by atoms with E-state index < -0.39 is 0 Å². The van der Waals surface area contributed by atoms with Crippen LogP contribution >= 0.6 is 0 Å². The van der Waals surface area contributed by atoms with Crippen LogP contribution in [0.4, 0.5) is 10.1 Å². The van der Waals surface area contributed by atoms with Crippen LogP contribution in [0.2, 0.25) is 0 Å². The van der Waals surface area contributed by atoms with Gasteiger partial charge in [0.25, 0.3) is 0 Å². The Hall–Kier alpha value is -1.62. The minimum absolute atomic E-state index is 0.120. The minimum atomic E-state index is -0.209. The quantitative estimate of drug-likeness (QED) is 0.872. The van der Waals surface area contributed by atoms with Crippen molar-refractivity contribution in [2.75, 3.05) is 18.0 Å². The molecule has 2 saturated carbocycles. The van der Waals surface area contributed by atoms with Gasteiger partial charge in [-0.05, 0) is 68.6 Å². The van der Waals surface area contributed by atoms with Gasteiger partial charge in [-0.3, -0.25) is 4.79 Å². The summed E-state index contributed by atoms with van der Waals surface area (Å²) in [6, 6.07) is 7.18. The smallest absolute Gasteiger partial charge is 0.223 e. The van der Waals surface area contributed by atoms with Crippen LogP contribution in [0.15, 0.2) is 24.3 Å². The number of rotatable bonds is 3. The number of piperidine rings is 1. The molecule has 0 aromatic heterocycles. The zero-order valence-electron chi connectivity index (χ0n) is 15.4. The van der Waals surface area contributed by atoms with Gasteiger partial charge in [0.05, 0.1) is 0 Å². The molecule has 0 spiro atoms. The van der Waals surface area contributed by atoms with Gasteiger partial charge in [0.15, 0.2) is 0 Å². The third-order valence-electron chi connectivity index (χ3n) is 6.72. The highest BCUT2D eigenvalue weighted by Crippen LogP contribution is 2.42. The lowest BCUT2D eigenvalue weighted by Gasteiger charge is -2.44. The van der Waals surface area contributed by atoms with Crippen molar-refractivity contribution in [3.05, 3.63) is 30.1 Å². The van der Waals surface area contributed by atoms with Crippen molar-refractivity contribution in [2.24, 2.45) is 23.5 Å². The summed E-state index contributed by atoms with van der Waals surface area (Å²) in [5, 5.41) is 3.29. The lowest BCUT2D eigenvalue weighted by atomic mass is 9.65. The fourth-order valence-electron chi connectivity index (χ4n) is 5.32. The molecular formula is C21H30FN3O. The largest absolute Gasteiger partial charge is 0.369 e. The molecule has 1 aliphatic heterocycles. The van der Waals surface area contributed by atoms with Crippen molar-refractivity contribution in [3.8, 4) is 0 Å². The SMILES string of the molecule is NC1C2CCCC1CC(C(=O)NC1CCCN(c3cccc(F)c3)C1)C2. The number of hydrogen-bond donors (Lipinski definition) is 2. The molecular weight excluding hydrogens is 329 g/mol. The number of nitrogens with one attached hydrogen (secondary N) is 1. The number of hydrogen-bond acceptors (Lipinski definition) is 3. The molecule has 1 amide bonds. The zero-order chi connectivity index (χ0) is 18.1. The zero-order valence-corrected chi connectivity index (χ0v) is 15.4. The van der Waals surface area contributed by atoms with Crippen molar-refractivity contribution in [1.29, 1.82) is 0 Å². The maximum atomic E-state index is 13.5. The third-order valence-corrected chi connectivity index (χ3v) is 6.72. The second-order valence-electron chi connectivity index (χ2n) is 8.47. The van der Waals surface area contributed by atoms with Gasteiger partial charge in [0.1, 0.15) is 5.82 Å². The Kier molecular flexibility index (Phi) is 5.16. The molecule has 5 heteroatoms. The first-order valence-electron chi connectivity index (χ1n) is 10.2. The molecule has 1 saturated heterocycles. The first kappa shape index (κ1) is 17.8. The van der Waals surface area contributed by atoms with Crippen LogP contribution < -0.4 is 16.0 Å². The molecule has 0 radical (unpaired) electrons. The Labute approximate surface area is 155 Å². The Morgan fingerprint density at radius 1 is 1.15 bits per heavy atom. The van der Waals surface area contributed by atoms with Gasteiger partial charge >= 0.3 is 0 Å². The average Bonchev–Trinajstić information content (AvgIpc) is 2.61. The lowest BCUT2D eigenvalue weighted by Crippen LogP contribution is -2.52. The van der Waals surface area contributed by atoms with E-state index in [-0.39, 0.29) is 23.7 Å². The summed E-state index contributed by atoms with van der Waals surface area (Å²) in [7, 11) is 0. The summed E-state index contributed by atoms with van der Waals surface area (Å²) in [4.78, 5) is 15.1. The van der Waals surface area contributed by atoms with Gasteiger partial charge in [0, 0.05) is 36.8 Å². The molecule has 3 N–H and O–H groups in total. The highest BCUT2D eigenvalue weighted by Gasteiger charge is 2.41. The number of halogens is 1. The van der Waals surface area contributed by atoms with E-state index in [9.17, 15) is 9.18 Å². The van der Waals surface area contributed by atoms with E-state index >= 15 is 0 Å². The van der Waals surface area contributed by atoms with Crippen molar-refractivity contribution < 1.29 is 9.18 Å². The number of anilines is 1. The molecule has 3 aliphatic rings. The fourth-order valence-corrected chi connectivity index (χ4v) is 5.32. The number of benzene rings is 1. The van der Waals surface area contributed by atoms with Crippen LogP contribution in [0.1, 0.15) is 44.9 Å². The van der Waals surface area contributed by atoms with Gasteiger partial charge < -0.3 is 16.0 Å². The highest BCUT2D eigenvalue weighted by molar-refractivity contribution is 5.79. The number of amides is 1. The van der Waals surface area contributed by atoms with E-state index in [4.69, 9.17) is 5.73 Å². The fraction of sp³-hybridized carbons (Fsp3) is 0.667. The van der Waals surface area contributed by atoms with Crippen LogP contribution in [0.25, 0.3) is 0 Å². The summed E-state index contributed by atoms with van der Waals surface area (Å²) in [6.45, 7) is 1.67. The Morgan fingerprint density at radius 3 is 2.65 bits per heavy atom. The van der Waals surface area contributed by atoms with E-state index in [1.807, 2.05) is 6.07 Å². The molecule has 2 aliphatic carbocycles. The van der Waals surface area contributed by atoms with Gasteiger partial charge in [0.2, 0.25) is 5.91 Å². The normalized spacial score (nSPS) is 34.4. The Balaban J connectivity index is 1.35. The molecule has 1 aromatic carbocycles. The highest BCUT2D eigenvalue weighted by atomic mass is 19.1. The molecule has 142 valence electrons. The molecule has 2 bridgehead atoms. The second-order valence-corrected chi connectivity index (χ2v) is 8.47. The van der Waals surface area contributed by atoms with Gasteiger partial charge in [-0.1, -0.05) is 12.5 Å². The van der Waals surface area contributed by atoms with Gasteiger partial charge in [-0.15, -0.1) is 0 Å². The summed E-state index contributed by atoms with van der Waals surface area (Å²) in [5.41, 5.74) is 7.26. The first-order chi connectivity index (χ1) is 12.6.